The topological polar surface area (TPSA) is 81.4 Å². The number of rotatable bonds is 3. The standard InChI is InChI=1S/C11H13BrN2O3/c1-6(11(16)17-2)14-10(15)7-3-4-9(13)8(12)5-7/h3-6H,13H2,1-2H3,(H,14,15). The van der Waals surface area contributed by atoms with Crippen LogP contribution in [0.3, 0.4) is 0 Å². The summed E-state index contributed by atoms with van der Waals surface area (Å²) in [5.74, 6) is -0.850. The number of anilines is 1. The van der Waals surface area contributed by atoms with Crippen LogP contribution in [0.25, 0.3) is 0 Å². The molecular weight excluding hydrogens is 288 g/mol. The molecule has 0 saturated carbocycles. The number of halogens is 1. The summed E-state index contributed by atoms with van der Waals surface area (Å²) in [5.41, 5.74) is 6.57. The Morgan fingerprint density at radius 1 is 1.47 bits per heavy atom. The zero-order chi connectivity index (χ0) is 13.0. The first-order valence-corrected chi connectivity index (χ1v) is 5.68. The fourth-order valence-corrected chi connectivity index (χ4v) is 1.56. The molecule has 0 radical (unpaired) electrons. The molecule has 0 aromatic heterocycles. The van der Waals surface area contributed by atoms with E-state index in [9.17, 15) is 9.59 Å². The number of carbonyl (C=O) groups excluding carboxylic acids is 2. The first-order valence-electron chi connectivity index (χ1n) is 4.89. The van der Waals surface area contributed by atoms with Crippen molar-refractivity contribution in [2.24, 2.45) is 0 Å². The Morgan fingerprint density at radius 3 is 2.65 bits per heavy atom. The van der Waals surface area contributed by atoms with E-state index in [0.29, 0.717) is 15.7 Å². The quantitative estimate of drug-likeness (QED) is 0.652. The van der Waals surface area contributed by atoms with Crippen molar-refractivity contribution in [3.05, 3.63) is 28.2 Å². The molecule has 17 heavy (non-hydrogen) atoms. The van der Waals surface area contributed by atoms with Crippen LogP contribution >= 0.6 is 15.9 Å². The number of benzene rings is 1. The van der Waals surface area contributed by atoms with E-state index in [1.54, 1.807) is 25.1 Å². The van der Waals surface area contributed by atoms with Crippen LogP contribution in [-0.4, -0.2) is 25.0 Å². The van der Waals surface area contributed by atoms with Crippen LogP contribution in [0.15, 0.2) is 22.7 Å². The highest BCUT2D eigenvalue weighted by Crippen LogP contribution is 2.20. The Bertz CT molecular complexity index is 448. The number of ether oxygens (including phenoxy) is 1. The summed E-state index contributed by atoms with van der Waals surface area (Å²) < 4.78 is 5.14. The molecule has 1 unspecified atom stereocenters. The first-order chi connectivity index (χ1) is 7.95. The smallest absolute Gasteiger partial charge is 0.328 e. The Morgan fingerprint density at radius 2 is 2.12 bits per heavy atom. The van der Waals surface area contributed by atoms with Gasteiger partial charge in [0.25, 0.3) is 5.91 Å². The number of amides is 1. The highest BCUT2D eigenvalue weighted by atomic mass is 79.9. The third-order valence-corrected chi connectivity index (χ3v) is 2.85. The van der Waals surface area contributed by atoms with Crippen molar-refractivity contribution in [2.75, 3.05) is 12.8 Å². The number of carbonyl (C=O) groups is 2. The zero-order valence-corrected chi connectivity index (χ0v) is 11.1. The van der Waals surface area contributed by atoms with Crippen molar-refractivity contribution < 1.29 is 14.3 Å². The van der Waals surface area contributed by atoms with Crippen molar-refractivity contribution in [1.82, 2.24) is 5.32 Å². The van der Waals surface area contributed by atoms with E-state index < -0.39 is 12.0 Å². The number of esters is 1. The Labute approximate surface area is 107 Å². The first kappa shape index (κ1) is 13.5. The minimum absolute atomic E-state index is 0.358. The molecule has 5 nitrogen and oxygen atoms in total. The molecular formula is C11H13BrN2O3. The Kier molecular flexibility index (Phi) is 4.51. The van der Waals surface area contributed by atoms with E-state index in [2.05, 4.69) is 26.0 Å². The number of nitrogens with two attached hydrogens (primary N) is 1. The minimum Gasteiger partial charge on any atom is -0.467 e. The van der Waals surface area contributed by atoms with E-state index in [4.69, 9.17) is 5.73 Å². The lowest BCUT2D eigenvalue weighted by atomic mass is 10.2. The highest BCUT2D eigenvalue weighted by molar-refractivity contribution is 9.10. The van der Waals surface area contributed by atoms with Gasteiger partial charge in [-0.05, 0) is 41.1 Å². The predicted octanol–water partition coefficient (Wildman–Crippen LogP) is 1.32. The van der Waals surface area contributed by atoms with Gasteiger partial charge in [0.1, 0.15) is 6.04 Å². The maximum atomic E-state index is 11.8. The fraction of sp³-hybridized carbons (Fsp3) is 0.273. The summed E-state index contributed by atoms with van der Waals surface area (Å²) in [7, 11) is 1.27. The van der Waals surface area contributed by atoms with Gasteiger partial charge in [0.05, 0.1) is 7.11 Å². The van der Waals surface area contributed by atoms with Gasteiger partial charge in [-0.1, -0.05) is 0 Å². The van der Waals surface area contributed by atoms with Crippen LogP contribution in [0.2, 0.25) is 0 Å². The molecule has 6 heteroatoms. The van der Waals surface area contributed by atoms with Gasteiger partial charge in [0.2, 0.25) is 0 Å². The van der Waals surface area contributed by atoms with E-state index >= 15 is 0 Å². The lowest BCUT2D eigenvalue weighted by molar-refractivity contribution is -0.142. The summed E-state index contributed by atoms with van der Waals surface area (Å²) in [4.78, 5) is 22.9. The SMILES string of the molecule is COC(=O)C(C)NC(=O)c1ccc(N)c(Br)c1. The van der Waals surface area contributed by atoms with Gasteiger partial charge >= 0.3 is 5.97 Å². The molecule has 92 valence electrons. The summed E-state index contributed by atoms with van der Waals surface area (Å²) in [6.45, 7) is 1.55. The summed E-state index contributed by atoms with van der Waals surface area (Å²) in [5, 5.41) is 2.52. The second kappa shape index (κ2) is 5.67. The number of methoxy groups -OCH3 is 1. The average Bonchev–Trinajstić information content (AvgIpc) is 2.31. The molecule has 0 aliphatic rings. The highest BCUT2D eigenvalue weighted by Gasteiger charge is 2.17. The zero-order valence-electron chi connectivity index (χ0n) is 9.49. The van der Waals surface area contributed by atoms with Crippen molar-refractivity contribution in [3.63, 3.8) is 0 Å². The second-order valence-electron chi connectivity index (χ2n) is 3.45. The average molecular weight is 301 g/mol. The van der Waals surface area contributed by atoms with Crippen LogP contribution < -0.4 is 11.1 Å². The molecule has 0 heterocycles. The van der Waals surface area contributed by atoms with Crippen molar-refractivity contribution in [3.8, 4) is 0 Å². The van der Waals surface area contributed by atoms with Crippen LogP contribution in [0, 0.1) is 0 Å². The van der Waals surface area contributed by atoms with E-state index in [0.717, 1.165) is 0 Å². The van der Waals surface area contributed by atoms with E-state index in [-0.39, 0.29) is 5.91 Å². The Hall–Kier alpha value is -1.56. The molecule has 1 atom stereocenters. The summed E-state index contributed by atoms with van der Waals surface area (Å²) >= 11 is 3.23. The van der Waals surface area contributed by atoms with E-state index in [1.165, 1.54) is 7.11 Å². The summed E-state index contributed by atoms with van der Waals surface area (Å²) in [6, 6.07) is 4.10. The molecule has 0 saturated heterocycles. The van der Waals surface area contributed by atoms with Crippen molar-refractivity contribution in [2.45, 2.75) is 13.0 Å². The van der Waals surface area contributed by atoms with Gasteiger partial charge in [-0.2, -0.15) is 0 Å². The van der Waals surface area contributed by atoms with Gasteiger partial charge in [-0.15, -0.1) is 0 Å². The largest absolute Gasteiger partial charge is 0.467 e. The Balaban J connectivity index is 2.76. The molecule has 3 N–H and O–H groups in total. The molecule has 0 fully saturated rings. The lowest BCUT2D eigenvalue weighted by Crippen LogP contribution is -2.39. The maximum Gasteiger partial charge on any atom is 0.328 e. The predicted molar refractivity (Wildman–Crippen MR) is 67.5 cm³/mol. The third-order valence-electron chi connectivity index (χ3n) is 2.16. The third kappa shape index (κ3) is 3.45. The molecule has 1 amide bonds. The molecule has 1 aromatic carbocycles. The van der Waals surface area contributed by atoms with Crippen molar-refractivity contribution in [1.29, 1.82) is 0 Å². The van der Waals surface area contributed by atoms with Gasteiger partial charge in [-0.3, -0.25) is 4.79 Å². The normalized spacial score (nSPS) is 11.7. The van der Waals surface area contributed by atoms with Crippen LogP contribution in [-0.2, 0) is 9.53 Å². The van der Waals surface area contributed by atoms with Crippen LogP contribution in [0.4, 0.5) is 5.69 Å². The van der Waals surface area contributed by atoms with Gasteiger partial charge in [0, 0.05) is 15.7 Å². The molecule has 0 spiro atoms. The molecule has 1 aromatic rings. The fourth-order valence-electron chi connectivity index (χ4n) is 1.18. The number of hydrogen-bond donors (Lipinski definition) is 2. The van der Waals surface area contributed by atoms with Gasteiger partial charge < -0.3 is 15.8 Å². The van der Waals surface area contributed by atoms with Gasteiger partial charge in [-0.25, -0.2) is 4.79 Å². The second-order valence-corrected chi connectivity index (χ2v) is 4.31. The van der Waals surface area contributed by atoms with Crippen LogP contribution in [0.1, 0.15) is 17.3 Å². The number of nitrogen functional groups attached to an aromatic ring is 1. The molecule has 0 bridgehead atoms. The van der Waals surface area contributed by atoms with Crippen molar-refractivity contribution >= 4 is 33.5 Å². The monoisotopic (exact) mass is 300 g/mol. The van der Waals surface area contributed by atoms with E-state index in [1.807, 2.05) is 0 Å². The molecule has 0 aliphatic heterocycles. The number of hydrogen-bond acceptors (Lipinski definition) is 4. The maximum absolute atomic E-state index is 11.8. The molecule has 1 rings (SSSR count). The van der Waals surface area contributed by atoms with Crippen LogP contribution in [0.5, 0.6) is 0 Å². The van der Waals surface area contributed by atoms with Gasteiger partial charge in [0.15, 0.2) is 0 Å². The molecule has 0 aliphatic carbocycles. The number of nitrogens with one attached hydrogen (secondary N) is 1. The minimum atomic E-state index is -0.691. The lowest BCUT2D eigenvalue weighted by Gasteiger charge is -2.11. The summed E-state index contributed by atoms with van der Waals surface area (Å²) in [6.07, 6.45) is 0.